The average Bonchev–Trinajstić information content (AvgIpc) is 2.35. The van der Waals surface area contributed by atoms with Gasteiger partial charge >= 0.3 is 0 Å². The molecule has 1 unspecified atom stereocenters. The van der Waals surface area contributed by atoms with E-state index in [-0.39, 0.29) is 11.3 Å². The van der Waals surface area contributed by atoms with Gasteiger partial charge in [-0.3, -0.25) is 4.79 Å². The molecule has 0 bridgehead atoms. The van der Waals surface area contributed by atoms with Gasteiger partial charge in [-0.2, -0.15) is 0 Å². The molecule has 0 heterocycles. The normalized spacial score (nSPS) is 12.5. The van der Waals surface area contributed by atoms with Gasteiger partial charge in [-0.25, -0.2) is 0 Å². The summed E-state index contributed by atoms with van der Waals surface area (Å²) in [5.41, 5.74) is 1.84. The SMILES string of the molecule is CCCCN(C)CC(Cl)c1cccc(NC(C)=O)c1. The van der Waals surface area contributed by atoms with Crippen LogP contribution in [0.2, 0.25) is 0 Å². The van der Waals surface area contributed by atoms with Crippen LogP contribution in [0, 0.1) is 0 Å². The van der Waals surface area contributed by atoms with Gasteiger partial charge in [-0.15, -0.1) is 11.6 Å². The van der Waals surface area contributed by atoms with Crippen molar-refractivity contribution in [2.75, 3.05) is 25.5 Å². The van der Waals surface area contributed by atoms with Crippen LogP contribution in [0.3, 0.4) is 0 Å². The van der Waals surface area contributed by atoms with Crippen molar-refractivity contribution in [3.8, 4) is 0 Å². The first-order valence-electron chi connectivity index (χ1n) is 6.73. The number of alkyl halides is 1. The average molecular weight is 283 g/mol. The minimum absolute atomic E-state index is 0.0597. The van der Waals surface area contributed by atoms with Crippen molar-refractivity contribution < 1.29 is 4.79 Å². The van der Waals surface area contributed by atoms with E-state index < -0.39 is 0 Å². The number of benzene rings is 1. The van der Waals surface area contributed by atoms with E-state index in [0.717, 1.165) is 24.3 Å². The number of nitrogens with one attached hydrogen (secondary N) is 1. The Morgan fingerprint density at radius 2 is 2.21 bits per heavy atom. The largest absolute Gasteiger partial charge is 0.326 e. The molecule has 0 radical (unpaired) electrons. The van der Waals surface area contributed by atoms with E-state index in [4.69, 9.17) is 11.6 Å². The summed E-state index contributed by atoms with van der Waals surface area (Å²) in [6.45, 7) is 5.56. The Balaban J connectivity index is 2.60. The van der Waals surface area contributed by atoms with Crippen molar-refractivity contribution in [2.45, 2.75) is 32.1 Å². The first-order valence-corrected chi connectivity index (χ1v) is 7.16. The fraction of sp³-hybridized carbons (Fsp3) is 0.533. The van der Waals surface area contributed by atoms with Gasteiger partial charge in [0.15, 0.2) is 0 Å². The number of anilines is 1. The third kappa shape index (κ3) is 6.08. The number of carbonyl (C=O) groups excluding carboxylic acids is 1. The topological polar surface area (TPSA) is 32.3 Å². The van der Waals surface area contributed by atoms with Crippen LogP contribution in [-0.2, 0) is 4.79 Å². The van der Waals surface area contributed by atoms with Crippen LogP contribution in [0.15, 0.2) is 24.3 Å². The second kappa shape index (κ2) is 8.18. The zero-order chi connectivity index (χ0) is 14.3. The summed E-state index contributed by atoms with van der Waals surface area (Å²) < 4.78 is 0. The molecule has 0 aromatic heterocycles. The fourth-order valence-electron chi connectivity index (χ4n) is 1.91. The molecule has 1 rings (SSSR count). The standard InChI is InChI=1S/C15H23ClN2O/c1-4-5-9-18(3)11-15(16)13-7-6-8-14(10-13)17-12(2)19/h6-8,10,15H,4-5,9,11H2,1-3H3,(H,17,19). The molecule has 4 heteroatoms. The van der Waals surface area contributed by atoms with Gasteiger partial charge in [0.2, 0.25) is 5.91 Å². The number of amides is 1. The fourth-order valence-corrected chi connectivity index (χ4v) is 2.28. The highest BCUT2D eigenvalue weighted by molar-refractivity contribution is 6.21. The summed E-state index contributed by atoms with van der Waals surface area (Å²) in [5, 5.41) is 2.72. The Labute approximate surface area is 120 Å². The summed E-state index contributed by atoms with van der Waals surface area (Å²) in [6, 6.07) is 7.72. The summed E-state index contributed by atoms with van der Waals surface area (Å²) in [7, 11) is 2.09. The molecule has 0 saturated heterocycles. The molecule has 19 heavy (non-hydrogen) atoms. The van der Waals surface area contributed by atoms with Gasteiger partial charge in [-0.1, -0.05) is 25.5 Å². The smallest absolute Gasteiger partial charge is 0.221 e. The summed E-state index contributed by atoms with van der Waals surface area (Å²) in [5.74, 6) is -0.0664. The molecule has 3 nitrogen and oxygen atoms in total. The Hall–Kier alpha value is -1.06. The Bertz CT molecular complexity index is 409. The van der Waals surface area contributed by atoms with E-state index in [2.05, 4.69) is 24.2 Å². The highest BCUT2D eigenvalue weighted by Crippen LogP contribution is 2.24. The van der Waals surface area contributed by atoms with Crippen LogP contribution in [0.1, 0.15) is 37.6 Å². The summed E-state index contributed by atoms with van der Waals surface area (Å²) in [6.07, 6.45) is 2.38. The van der Waals surface area contributed by atoms with Gasteiger partial charge in [0.25, 0.3) is 0 Å². The predicted octanol–water partition coefficient (Wildman–Crippen LogP) is 3.66. The van der Waals surface area contributed by atoms with Crippen molar-refractivity contribution in [1.29, 1.82) is 0 Å². The lowest BCUT2D eigenvalue weighted by atomic mass is 10.1. The Morgan fingerprint density at radius 3 is 2.84 bits per heavy atom. The molecule has 1 N–H and O–H groups in total. The van der Waals surface area contributed by atoms with Crippen LogP contribution in [0.4, 0.5) is 5.69 Å². The lowest BCUT2D eigenvalue weighted by Gasteiger charge is -2.20. The number of nitrogens with zero attached hydrogens (tertiary/aromatic N) is 1. The number of carbonyl (C=O) groups is 1. The Morgan fingerprint density at radius 1 is 1.47 bits per heavy atom. The van der Waals surface area contributed by atoms with Crippen molar-refractivity contribution in [1.82, 2.24) is 4.90 Å². The number of rotatable bonds is 7. The highest BCUT2D eigenvalue weighted by atomic mass is 35.5. The van der Waals surface area contributed by atoms with E-state index in [1.54, 1.807) is 0 Å². The molecule has 1 atom stereocenters. The third-order valence-electron chi connectivity index (χ3n) is 2.93. The lowest BCUT2D eigenvalue weighted by Crippen LogP contribution is -2.23. The number of unbranched alkanes of at least 4 members (excludes halogenated alkanes) is 1. The van der Waals surface area contributed by atoms with Crippen molar-refractivity contribution >= 4 is 23.2 Å². The van der Waals surface area contributed by atoms with E-state index in [1.807, 2.05) is 24.3 Å². The van der Waals surface area contributed by atoms with Crippen LogP contribution >= 0.6 is 11.6 Å². The molecule has 1 aromatic carbocycles. The second-order valence-electron chi connectivity index (χ2n) is 4.89. The number of hydrogen-bond acceptors (Lipinski definition) is 2. The van der Waals surface area contributed by atoms with Crippen molar-refractivity contribution in [3.63, 3.8) is 0 Å². The van der Waals surface area contributed by atoms with Crippen LogP contribution in [0.25, 0.3) is 0 Å². The minimum Gasteiger partial charge on any atom is -0.326 e. The summed E-state index contributed by atoms with van der Waals surface area (Å²) >= 11 is 6.43. The minimum atomic E-state index is -0.0664. The maximum atomic E-state index is 11.0. The third-order valence-corrected chi connectivity index (χ3v) is 3.32. The van der Waals surface area contributed by atoms with Gasteiger partial charge < -0.3 is 10.2 Å². The summed E-state index contributed by atoms with van der Waals surface area (Å²) in [4.78, 5) is 13.3. The van der Waals surface area contributed by atoms with E-state index in [9.17, 15) is 4.79 Å². The van der Waals surface area contributed by atoms with E-state index >= 15 is 0 Å². The van der Waals surface area contributed by atoms with Gasteiger partial charge in [-0.05, 0) is 37.7 Å². The first-order chi connectivity index (χ1) is 9.02. The molecule has 0 spiro atoms. The Kier molecular flexibility index (Phi) is 6.89. The zero-order valence-corrected chi connectivity index (χ0v) is 12.7. The predicted molar refractivity (Wildman–Crippen MR) is 81.7 cm³/mol. The van der Waals surface area contributed by atoms with Crippen molar-refractivity contribution in [3.05, 3.63) is 29.8 Å². The zero-order valence-electron chi connectivity index (χ0n) is 11.9. The molecule has 1 aromatic rings. The molecule has 0 aliphatic rings. The van der Waals surface area contributed by atoms with Crippen LogP contribution in [-0.4, -0.2) is 30.9 Å². The molecule has 0 fully saturated rings. The highest BCUT2D eigenvalue weighted by Gasteiger charge is 2.11. The molecule has 0 aliphatic heterocycles. The molecule has 106 valence electrons. The number of halogens is 1. The van der Waals surface area contributed by atoms with Gasteiger partial charge in [0.1, 0.15) is 0 Å². The maximum Gasteiger partial charge on any atom is 0.221 e. The second-order valence-corrected chi connectivity index (χ2v) is 5.42. The molecule has 1 amide bonds. The van der Waals surface area contributed by atoms with Gasteiger partial charge in [0.05, 0.1) is 5.38 Å². The van der Waals surface area contributed by atoms with E-state index in [1.165, 1.54) is 19.8 Å². The van der Waals surface area contributed by atoms with Crippen molar-refractivity contribution in [2.24, 2.45) is 0 Å². The first kappa shape index (κ1) is 16.0. The van der Waals surface area contributed by atoms with E-state index in [0.29, 0.717) is 0 Å². The molecular formula is C15H23ClN2O. The maximum absolute atomic E-state index is 11.0. The van der Waals surface area contributed by atoms with Gasteiger partial charge in [0, 0.05) is 19.2 Å². The lowest BCUT2D eigenvalue weighted by molar-refractivity contribution is -0.114. The number of likely N-dealkylation sites (N-methyl/N-ethyl adjacent to an activating group) is 1. The van der Waals surface area contributed by atoms with Crippen LogP contribution < -0.4 is 5.32 Å². The van der Waals surface area contributed by atoms with Crippen LogP contribution in [0.5, 0.6) is 0 Å². The monoisotopic (exact) mass is 282 g/mol. The quantitative estimate of drug-likeness (QED) is 0.774. The molecular weight excluding hydrogens is 260 g/mol. The molecule has 0 aliphatic carbocycles. The molecule has 0 saturated carbocycles. The number of hydrogen-bond donors (Lipinski definition) is 1.